The van der Waals surface area contributed by atoms with Crippen LogP contribution in [0.1, 0.15) is 12.0 Å². The summed E-state index contributed by atoms with van der Waals surface area (Å²) in [5.41, 5.74) is 2.51. The number of nitrogens with zero attached hydrogens (tertiary/aromatic N) is 3. The maximum Gasteiger partial charge on any atom is 0.243 e. The molecular formula is C15H16N4O2. The van der Waals surface area contributed by atoms with E-state index in [-0.39, 0.29) is 0 Å². The topological polar surface area (TPSA) is 72.9 Å². The molecule has 1 aromatic carbocycles. The van der Waals surface area contributed by atoms with Gasteiger partial charge in [0, 0.05) is 6.42 Å². The van der Waals surface area contributed by atoms with E-state index in [0.717, 1.165) is 11.9 Å². The molecule has 0 radical (unpaired) electrons. The lowest BCUT2D eigenvalue weighted by atomic mass is 10.2. The van der Waals surface area contributed by atoms with Crippen molar-refractivity contribution in [3.05, 3.63) is 48.5 Å². The lowest BCUT2D eigenvalue weighted by molar-refractivity contribution is 0.107. The Labute approximate surface area is 122 Å². The standard InChI is InChI=1S/C15H16N4O2/c1-2-5-12(6-3-1)9-20-7-4-8-21-15-13-14(17-10-16-13)18-11-19-15/h1-3,5-6,10-11H,4,7-9H2,(H,16,17,18,19). The number of hydrogen-bond acceptors (Lipinski definition) is 5. The summed E-state index contributed by atoms with van der Waals surface area (Å²) in [6.45, 7) is 1.81. The van der Waals surface area contributed by atoms with Gasteiger partial charge in [0.1, 0.15) is 11.8 Å². The van der Waals surface area contributed by atoms with E-state index in [1.165, 1.54) is 11.9 Å². The third-order valence-electron chi connectivity index (χ3n) is 2.97. The van der Waals surface area contributed by atoms with Crippen LogP contribution >= 0.6 is 0 Å². The maximum atomic E-state index is 5.63. The lowest BCUT2D eigenvalue weighted by Crippen LogP contribution is -2.04. The van der Waals surface area contributed by atoms with Crippen molar-refractivity contribution >= 4 is 11.2 Å². The quantitative estimate of drug-likeness (QED) is 0.674. The van der Waals surface area contributed by atoms with Crippen LogP contribution in [0.2, 0.25) is 0 Å². The van der Waals surface area contributed by atoms with Crippen LogP contribution in [-0.2, 0) is 11.3 Å². The number of benzene rings is 1. The molecule has 6 nitrogen and oxygen atoms in total. The molecule has 3 rings (SSSR count). The summed E-state index contributed by atoms with van der Waals surface area (Å²) in [7, 11) is 0. The Bertz CT molecular complexity index is 684. The Morgan fingerprint density at radius 2 is 1.90 bits per heavy atom. The molecule has 21 heavy (non-hydrogen) atoms. The maximum absolute atomic E-state index is 5.63. The zero-order valence-corrected chi connectivity index (χ0v) is 11.5. The molecule has 6 heteroatoms. The molecule has 0 spiro atoms. The van der Waals surface area contributed by atoms with Gasteiger partial charge in [-0.1, -0.05) is 30.3 Å². The molecule has 0 fully saturated rings. The van der Waals surface area contributed by atoms with Gasteiger partial charge in [-0.15, -0.1) is 0 Å². The third-order valence-corrected chi connectivity index (χ3v) is 2.97. The van der Waals surface area contributed by atoms with Gasteiger partial charge >= 0.3 is 0 Å². The summed E-state index contributed by atoms with van der Waals surface area (Å²) in [5, 5.41) is 0. The largest absolute Gasteiger partial charge is 0.476 e. The van der Waals surface area contributed by atoms with E-state index in [2.05, 4.69) is 19.9 Å². The van der Waals surface area contributed by atoms with Crippen LogP contribution in [0.5, 0.6) is 5.88 Å². The molecule has 1 N–H and O–H groups in total. The van der Waals surface area contributed by atoms with Crippen molar-refractivity contribution < 1.29 is 9.47 Å². The predicted molar refractivity (Wildman–Crippen MR) is 77.9 cm³/mol. The van der Waals surface area contributed by atoms with Crippen LogP contribution < -0.4 is 4.74 Å². The SMILES string of the molecule is c1ccc(COCCCOc2ncnc3nc[nH]c23)cc1. The lowest BCUT2D eigenvalue weighted by Gasteiger charge is -2.06. The predicted octanol–water partition coefficient (Wildman–Crippen LogP) is 2.34. The second kappa shape index (κ2) is 6.81. The minimum absolute atomic E-state index is 0.528. The van der Waals surface area contributed by atoms with E-state index in [0.29, 0.717) is 31.3 Å². The van der Waals surface area contributed by atoms with E-state index in [4.69, 9.17) is 9.47 Å². The molecule has 0 saturated heterocycles. The zero-order valence-electron chi connectivity index (χ0n) is 11.5. The van der Waals surface area contributed by atoms with Crippen LogP contribution in [0.25, 0.3) is 11.2 Å². The number of ether oxygens (including phenoxy) is 2. The van der Waals surface area contributed by atoms with Gasteiger partial charge < -0.3 is 14.5 Å². The monoisotopic (exact) mass is 284 g/mol. The van der Waals surface area contributed by atoms with Crippen LogP contribution in [0.3, 0.4) is 0 Å². The van der Waals surface area contributed by atoms with E-state index in [9.17, 15) is 0 Å². The fourth-order valence-corrected chi connectivity index (χ4v) is 1.95. The molecule has 2 heterocycles. The van der Waals surface area contributed by atoms with Crippen LogP contribution in [0.4, 0.5) is 0 Å². The highest BCUT2D eigenvalue weighted by Crippen LogP contribution is 2.16. The van der Waals surface area contributed by atoms with Gasteiger partial charge in [0.25, 0.3) is 0 Å². The first kappa shape index (κ1) is 13.5. The van der Waals surface area contributed by atoms with Gasteiger partial charge in [0.2, 0.25) is 5.88 Å². The van der Waals surface area contributed by atoms with Gasteiger partial charge in [-0.25, -0.2) is 9.97 Å². The van der Waals surface area contributed by atoms with Gasteiger partial charge in [0.05, 0.1) is 26.1 Å². The number of nitrogens with one attached hydrogen (secondary N) is 1. The first-order valence-electron chi connectivity index (χ1n) is 6.82. The molecular weight excluding hydrogens is 268 g/mol. The number of fused-ring (bicyclic) bond motifs is 1. The molecule has 0 saturated carbocycles. The molecule has 0 amide bonds. The van der Waals surface area contributed by atoms with Crippen molar-refractivity contribution in [2.75, 3.05) is 13.2 Å². The summed E-state index contributed by atoms with van der Waals surface area (Å²) >= 11 is 0. The molecule has 0 aliphatic rings. The van der Waals surface area contributed by atoms with Crippen LogP contribution in [-0.4, -0.2) is 33.1 Å². The minimum atomic E-state index is 0.528. The number of rotatable bonds is 7. The summed E-state index contributed by atoms with van der Waals surface area (Å²) < 4.78 is 11.2. The molecule has 0 aliphatic carbocycles. The molecule has 108 valence electrons. The highest BCUT2D eigenvalue weighted by molar-refractivity contribution is 5.74. The Balaban J connectivity index is 1.40. The molecule has 2 aromatic heterocycles. The van der Waals surface area contributed by atoms with Gasteiger partial charge in [0.15, 0.2) is 5.65 Å². The highest BCUT2D eigenvalue weighted by atomic mass is 16.5. The Hall–Kier alpha value is -2.47. The summed E-state index contributed by atoms with van der Waals surface area (Å²) in [6, 6.07) is 10.1. The molecule has 3 aromatic rings. The van der Waals surface area contributed by atoms with E-state index in [1.807, 2.05) is 30.3 Å². The summed E-state index contributed by atoms with van der Waals surface area (Å²) in [5.74, 6) is 0.528. The van der Waals surface area contributed by atoms with Crippen molar-refractivity contribution in [3.8, 4) is 5.88 Å². The number of hydrogen-bond donors (Lipinski definition) is 1. The number of aromatic nitrogens is 4. The van der Waals surface area contributed by atoms with Gasteiger partial charge in [-0.05, 0) is 5.56 Å². The molecule has 0 bridgehead atoms. The molecule has 0 aliphatic heterocycles. The van der Waals surface area contributed by atoms with E-state index >= 15 is 0 Å². The van der Waals surface area contributed by atoms with Crippen LogP contribution in [0, 0.1) is 0 Å². The van der Waals surface area contributed by atoms with E-state index < -0.39 is 0 Å². The first-order valence-corrected chi connectivity index (χ1v) is 6.82. The number of imidazole rings is 1. The highest BCUT2D eigenvalue weighted by Gasteiger charge is 2.06. The molecule has 0 unspecified atom stereocenters. The average Bonchev–Trinajstić information content (AvgIpc) is 3.01. The first-order chi connectivity index (χ1) is 10.4. The van der Waals surface area contributed by atoms with Crippen molar-refractivity contribution in [1.29, 1.82) is 0 Å². The van der Waals surface area contributed by atoms with Crippen molar-refractivity contribution in [2.24, 2.45) is 0 Å². The summed E-state index contributed by atoms with van der Waals surface area (Å²) in [6.07, 6.45) is 3.83. The average molecular weight is 284 g/mol. The minimum Gasteiger partial charge on any atom is -0.476 e. The molecule has 0 atom stereocenters. The fraction of sp³-hybridized carbons (Fsp3) is 0.267. The van der Waals surface area contributed by atoms with Crippen molar-refractivity contribution in [2.45, 2.75) is 13.0 Å². The van der Waals surface area contributed by atoms with E-state index in [1.54, 1.807) is 6.33 Å². The smallest absolute Gasteiger partial charge is 0.243 e. The Morgan fingerprint density at radius 1 is 1.00 bits per heavy atom. The van der Waals surface area contributed by atoms with Crippen LogP contribution in [0.15, 0.2) is 43.0 Å². The second-order valence-corrected chi connectivity index (χ2v) is 4.52. The van der Waals surface area contributed by atoms with Crippen molar-refractivity contribution in [3.63, 3.8) is 0 Å². The summed E-state index contributed by atoms with van der Waals surface area (Å²) in [4.78, 5) is 15.2. The second-order valence-electron chi connectivity index (χ2n) is 4.52. The number of H-pyrrole nitrogens is 1. The third kappa shape index (κ3) is 3.55. The van der Waals surface area contributed by atoms with Gasteiger partial charge in [-0.2, -0.15) is 4.98 Å². The van der Waals surface area contributed by atoms with Crippen molar-refractivity contribution in [1.82, 2.24) is 19.9 Å². The Morgan fingerprint density at radius 3 is 2.81 bits per heavy atom. The fourth-order valence-electron chi connectivity index (χ4n) is 1.95. The van der Waals surface area contributed by atoms with Gasteiger partial charge in [-0.3, -0.25) is 0 Å². The zero-order chi connectivity index (χ0) is 14.3. The Kier molecular flexibility index (Phi) is 4.38. The number of aromatic amines is 1. The normalized spacial score (nSPS) is 10.9.